The molecule has 4 aliphatic carbocycles. The summed E-state index contributed by atoms with van der Waals surface area (Å²) in [6.07, 6.45) is 12.4. The fourth-order valence-electron chi connectivity index (χ4n) is 8.86. The molecule has 4 rings (SSSR count). The van der Waals surface area contributed by atoms with Gasteiger partial charge in [0.25, 0.3) is 0 Å². The van der Waals surface area contributed by atoms with Crippen molar-refractivity contribution in [3.8, 4) is 0 Å². The normalized spacial score (nSPS) is 45.7. The molecule has 0 aromatic heterocycles. The van der Waals surface area contributed by atoms with Crippen LogP contribution in [-0.4, -0.2) is 11.6 Å². The summed E-state index contributed by atoms with van der Waals surface area (Å²) in [5.41, 5.74) is 0.530. The largest absolute Gasteiger partial charge is 0.300 e. The fraction of sp³-hybridized carbons (Fsp3) is 0.926. The van der Waals surface area contributed by atoms with E-state index in [4.69, 9.17) is 0 Å². The summed E-state index contributed by atoms with van der Waals surface area (Å²) in [5.74, 6) is 5.25. The summed E-state index contributed by atoms with van der Waals surface area (Å²) in [6.45, 7) is 12.2. The van der Waals surface area contributed by atoms with E-state index in [1.807, 2.05) is 0 Å². The van der Waals surface area contributed by atoms with Crippen LogP contribution < -0.4 is 0 Å². The van der Waals surface area contributed by atoms with E-state index in [1.165, 1.54) is 44.9 Å². The van der Waals surface area contributed by atoms with Crippen LogP contribution >= 0.6 is 0 Å². The van der Waals surface area contributed by atoms with Crippen molar-refractivity contribution in [3.63, 3.8) is 0 Å². The highest BCUT2D eigenvalue weighted by Crippen LogP contribution is 2.67. The molecule has 0 aliphatic heterocycles. The molecule has 0 saturated heterocycles. The zero-order chi connectivity index (χ0) is 21.0. The number of ketones is 2. The van der Waals surface area contributed by atoms with Gasteiger partial charge in [-0.2, -0.15) is 0 Å². The summed E-state index contributed by atoms with van der Waals surface area (Å²) >= 11 is 0. The van der Waals surface area contributed by atoms with Crippen LogP contribution in [0.4, 0.5) is 0 Å². The third kappa shape index (κ3) is 3.55. The zero-order valence-corrected chi connectivity index (χ0v) is 19.6. The number of hydrogen-bond acceptors (Lipinski definition) is 2. The Balaban J connectivity index is 1.51. The summed E-state index contributed by atoms with van der Waals surface area (Å²) in [7, 11) is 0. The lowest BCUT2D eigenvalue weighted by Gasteiger charge is -2.59. The second-order valence-corrected chi connectivity index (χ2v) is 12.4. The molecule has 0 amide bonds. The maximum absolute atomic E-state index is 13.2. The first-order valence-electron chi connectivity index (χ1n) is 12.7. The summed E-state index contributed by atoms with van der Waals surface area (Å²) in [4.78, 5) is 25.3. The molecule has 0 aromatic carbocycles. The average molecular weight is 401 g/mol. The predicted molar refractivity (Wildman–Crippen MR) is 118 cm³/mol. The minimum absolute atomic E-state index is 0.0292. The van der Waals surface area contributed by atoms with Crippen LogP contribution in [0, 0.1) is 52.3 Å². The van der Waals surface area contributed by atoms with E-state index in [0.717, 1.165) is 36.5 Å². The van der Waals surface area contributed by atoms with Gasteiger partial charge in [-0.3, -0.25) is 9.59 Å². The van der Waals surface area contributed by atoms with Crippen LogP contribution in [0.25, 0.3) is 0 Å². The minimum Gasteiger partial charge on any atom is -0.300 e. The van der Waals surface area contributed by atoms with Crippen molar-refractivity contribution < 1.29 is 9.59 Å². The molecular weight excluding hydrogens is 356 g/mol. The van der Waals surface area contributed by atoms with Gasteiger partial charge in [-0.25, -0.2) is 0 Å². The molecule has 0 unspecified atom stereocenters. The second-order valence-electron chi connectivity index (χ2n) is 12.4. The third-order valence-electron chi connectivity index (χ3n) is 10.5. The lowest BCUT2D eigenvalue weighted by atomic mass is 9.44. The predicted octanol–water partition coefficient (Wildman–Crippen LogP) is 6.86. The van der Waals surface area contributed by atoms with Crippen LogP contribution in [0.3, 0.4) is 0 Å². The molecule has 2 nitrogen and oxygen atoms in total. The Hall–Kier alpha value is -0.660. The van der Waals surface area contributed by atoms with Gasteiger partial charge >= 0.3 is 0 Å². The smallest absolute Gasteiger partial charge is 0.137 e. The lowest BCUT2D eigenvalue weighted by molar-refractivity contribution is -0.159. The van der Waals surface area contributed by atoms with E-state index in [2.05, 4.69) is 34.6 Å². The Morgan fingerprint density at radius 3 is 2.34 bits per heavy atom. The maximum Gasteiger partial charge on any atom is 0.137 e. The van der Waals surface area contributed by atoms with Crippen LogP contribution in [0.5, 0.6) is 0 Å². The van der Waals surface area contributed by atoms with E-state index in [9.17, 15) is 9.59 Å². The van der Waals surface area contributed by atoms with E-state index in [0.29, 0.717) is 41.7 Å². The second kappa shape index (κ2) is 7.79. The molecule has 29 heavy (non-hydrogen) atoms. The van der Waals surface area contributed by atoms with Crippen LogP contribution in [0.2, 0.25) is 0 Å². The standard InChI is InChI=1S/C27H44O2/c1-17(2)7-6-8-18(3)21-9-10-22-20-16-25(29)24-15-19(28)11-13-27(24,5)23(20)12-14-26(21,22)4/h17-18,20-24H,6-16H2,1-5H3/t18-,20+,21+,22-,23-,24-,26-,27-/m1/s1. The van der Waals surface area contributed by atoms with E-state index in [-0.39, 0.29) is 11.3 Å². The van der Waals surface area contributed by atoms with Crippen molar-refractivity contribution in [1.82, 2.24) is 0 Å². The van der Waals surface area contributed by atoms with Crippen molar-refractivity contribution >= 4 is 11.6 Å². The molecule has 2 heteroatoms. The molecule has 0 heterocycles. The first-order valence-corrected chi connectivity index (χ1v) is 12.7. The van der Waals surface area contributed by atoms with Gasteiger partial charge < -0.3 is 0 Å². The molecule has 4 aliphatic rings. The highest BCUT2D eigenvalue weighted by Gasteiger charge is 2.62. The van der Waals surface area contributed by atoms with Gasteiger partial charge in [-0.05, 0) is 78.4 Å². The van der Waals surface area contributed by atoms with Gasteiger partial charge in [-0.15, -0.1) is 0 Å². The Bertz CT molecular complexity index is 651. The zero-order valence-electron chi connectivity index (χ0n) is 19.6. The molecule has 0 spiro atoms. The number of rotatable bonds is 5. The third-order valence-corrected chi connectivity index (χ3v) is 10.5. The maximum atomic E-state index is 13.2. The molecule has 0 N–H and O–H groups in total. The fourth-order valence-corrected chi connectivity index (χ4v) is 8.86. The Morgan fingerprint density at radius 1 is 0.897 bits per heavy atom. The highest BCUT2D eigenvalue weighted by atomic mass is 16.1. The number of carbonyl (C=O) groups is 2. The molecule has 0 radical (unpaired) electrons. The number of carbonyl (C=O) groups excluding carboxylic acids is 2. The first-order chi connectivity index (χ1) is 13.7. The minimum atomic E-state index is 0.0292. The van der Waals surface area contributed by atoms with Crippen molar-refractivity contribution in [2.45, 2.75) is 105 Å². The van der Waals surface area contributed by atoms with Crippen LogP contribution in [0.15, 0.2) is 0 Å². The van der Waals surface area contributed by atoms with Crippen LogP contribution in [-0.2, 0) is 9.59 Å². The van der Waals surface area contributed by atoms with Gasteiger partial charge in [0.15, 0.2) is 0 Å². The molecule has 8 atom stereocenters. The average Bonchev–Trinajstić information content (AvgIpc) is 3.00. The summed E-state index contributed by atoms with van der Waals surface area (Å²) in [6, 6.07) is 0. The van der Waals surface area contributed by atoms with Crippen molar-refractivity contribution in [3.05, 3.63) is 0 Å². The van der Waals surface area contributed by atoms with Gasteiger partial charge in [0, 0.05) is 25.2 Å². The van der Waals surface area contributed by atoms with Crippen LogP contribution in [0.1, 0.15) is 105 Å². The molecule has 4 saturated carbocycles. The molecule has 4 fully saturated rings. The van der Waals surface area contributed by atoms with Gasteiger partial charge in [0.2, 0.25) is 0 Å². The Morgan fingerprint density at radius 2 is 1.62 bits per heavy atom. The van der Waals surface area contributed by atoms with E-state index in [1.54, 1.807) is 0 Å². The first kappa shape index (κ1) is 21.6. The molecule has 164 valence electrons. The topological polar surface area (TPSA) is 34.1 Å². The van der Waals surface area contributed by atoms with Crippen molar-refractivity contribution in [2.75, 3.05) is 0 Å². The van der Waals surface area contributed by atoms with E-state index < -0.39 is 0 Å². The number of hydrogen-bond donors (Lipinski definition) is 0. The summed E-state index contributed by atoms with van der Waals surface area (Å²) < 4.78 is 0. The van der Waals surface area contributed by atoms with Gasteiger partial charge in [-0.1, -0.05) is 53.9 Å². The lowest BCUT2D eigenvalue weighted by Crippen LogP contribution is -2.56. The molecule has 0 aromatic rings. The van der Waals surface area contributed by atoms with Gasteiger partial charge in [0.05, 0.1) is 0 Å². The monoisotopic (exact) mass is 400 g/mol. The Labute approximate surface area is 179 Å². The molecular formula is C27H44O2. The van der Waals surface area contributed by atoms with Crippen molar-refractivity contribution in [2.24, 2.45) is 52.3 Å². The SMILES string of the molecule is CC(C)CCC[C@@H](C)[C@@H]1CC[C@@H]2[C@@H]3CC(=O)[C@H]4CC(=O)CC[C@]4(C)[C@@H]3CC[C@@]21C. The van der Waals surface area contributed by atoms with Gasteiger partial charge in [0.1, 0.15) is 11.6 Å². The molecule has 0 bridgehead atoms. The Kier molecular flexibility index (Phi) is 5.79. The quantitative estimate of drug-likeness (QED) is 0.505. The summed E-state index contributed by atoms with van der Waals surface area (Å²) in [5, 5.41) is 0. The van der Waals surface area contributed by atoms with E-state index >= 15 is 0 Å². The number of Topliss-reactive ketones (excluding diaryl/α,β-unsaturated/α-hetero) is 2. The number of fused-ring (bicyclic) bond motifs is 5. The highest BCUT2D eigenvalue weighted by molar-refractivity contribution is 5.90. The van der Waals surface area contributed by atoms with Crippen molar-refractivity contribution in [1.29, 1.82) is 0 Å².